The van der Waals surface area contributed by atoms with Crippen LogP contribution >= 0.6 is 26.2 Å². The molecule has 34 valence electrons. The van der Waals surface area contributed by atoms with Gasteiger partial charge in [-0.05, 0) is 0 Å². The van der Waals surface area contributed by atoms with Gasteiger partial charge in [0.05, 0.1) is 0 Å². The molecule has 1 unspecified atom stereocenters. The lowest BCUT2D eigenvalue weighted by Crippen LogP contribution is -1.60. The fourth-order valence-electron chi connectivity index (χ4n) is 0. The molecule has 0 saturated carbocycles. The Kier molecular flexibility index (Phi) is 8.81. The van der Waals surface area contributed by atoms with Crippen molar-refractivity contribution < 1.29 is 8.78 Å². The van der Waals surface area contributed by atoms with Gasteiger partial charge in [0, 0.05) is 0 Å². The molecule has 0 aromatic heterocycles. The maximum absolute atomic E-state index is 10.3. The minimum absolute atomic E-state index is 0. The van der Waals surface area contributed by atoms with Crippen molar-refractivity contribution in [3.63, 3.8) is 0 Å². The zero-order valence-corrected chi connectivity index (χ0v) is 5.19. The van der Waals surface area contributed by atoms with Crippen LogP contribution in [-0.2, 0) is 0 Å². The first-order valence-corrected chi connectivity index (χ1v) is 1.44. The molecule has 4 heteroatoms. The Bertz CT molecular complexity index is 14.4. The smallest absolute Gasteiger partial charge is 0.206 e. The summed E-state index contributed by atoms with van der Waals surface area (Å²) in [4.78, 5) is 0. The van der Waals surface area contributed by atoms with Crippen LogP contribution in [0.25, 0.3) is 0 Å². The van der Waals surface area contributed by atoms with Crippen LogP contribution in [0.2, 0.25) is 0 Å². The van der Waals surface area contributed by atoms with E-state index in [2.05, 4.69) is 0 Å². The van der Waals surface area contributed by atoms with Gasteiger partial charge in [-0.25, -0.2) is 8.78 Å². The Morgan fingerprint density at radius 3 is 1.40 bits per heavy atom. The summed E-state index contributed by atoms with van der Waals surface area (Å²) in [5.74, 6) is 0. The largest absolute Gasteiger partial charge is 0.249 e. The molecule has 0 fully saturated rings. The first kappa shape index (κ1) is 9.24. The molecule has 0 N–H and O–H groups in total. The van der Waals surface area contributed by atoms with Crippen LogP contribution in [-0.4, -0.2) is 6.17 Å². The summed E-state index contributed by atoms with van der Waals surface area (Å²) in [6.45, 7) is 0. The van der Waals surface area contributed by atoms with E-state index >= 15 is 0 Å². The van der Waals surface area contributed by atoms with Gasteiger partial charge in [-0.2, -0.15) is 0 Å². The zero-order valence-electron chi connectivity index (χ0n) is 2.32. The fraction of sp³-hybridized carbons (Fsp3) is 1.00. The normalized spacial score (nSPS) is 7.20. The van der Waals surface area contributed by atoms with E-state index in [-0.39, 0.29) is 17.0 Å². The van der Waals surface area contributed by atoms with Crippen molar-refractivity contribution in [2.45, 2.75) is 6.17 Å². The van der Waals surface area contributed by atoms with Crippen LogP contribution in [0.1, 0.15) is 0 Å². The van der Waals surface area contributed by atoms with Crippen LogP contribution in [0.4, 0.5) is 8.78 Å². The van der Waals surface area contributed by atoms with Gasteiger partial charge in [0.15, 0.2) is 0 Å². The van der Waals surface area contributed by atoms with Crippen molar-refractivity contribution in [2.24, 2.45) is 0 Å². The van der Waals surface area contributed by atoms with Crippen molar-refractivity contribution in [2.75, 3.05) is 0 Å². The van der Waals surface area contributed by atoms with Gasteiger partial charge in [-0.15, -0.1) is 17.0 Å². The molecule has 1 atom stereocenters. The minimum Gasteiger partial charge on any atom is -0.206 e. The van der Waals surface area contributed by atoms with Crippen LogP contribution in [0.3, 0.4) is 0 Å². The first-order valence-electron chi connectivity index (χ1n) is 0.770. The molecular formula is CH4BrF2P. The predicted octanol–water partition coefficient (Wildman–Crippen LogP) is 1.66. The van der Waals surface area contributed by atoms with Crippen molar-refractivity contribution in [3.05, 3.63) is 0 Å². The van der Waals surface area contributed by atoms with Crippen molar-refractivity contribution in [3.8, 4) is 0 Å². The van der Waals surface area contributed by atoms with E-state index in [1.807, 2.05) is 0 Å². The number of rotatable bonds is 0. The molecule has 0 amide bonds. The van der Waals surface area contributed by atoms with E-state index in [4.69, 9.17) is 0 Å². The molecular weight excluding hydrogens is 161 g/mol. The Morgan fingerprint density at radius 1 is 1.40 bits per heavy atom. The zero-order chi connectivity index (χ0) is 3.58. The molecule has 0 aliphatic rings. The highest BCUT2D eigenvalue weighted by Crippen LogP contribution is 1.98. The van der Waals surface area contributed by atoms with E-state index in [9.17, 15) is 8.78 Å². The van der Waals surface area contributed by atoms with E-state index < -0.39 is 6.17 Å². The van der Waals surface area contributed by atoms with Gasteiger partial charge >= 0.3 is 0 Å². The third-order valence-electron chi connectivity index (χ3n) is 0. The maximum atomic E-state index is 10.3. The molecule has 0 radical (unpaired) electrons. The lowest BCUT2D eigenvalue weighted by atomic mass is 11.7. The summed E-state index contributed by atoms with van der Waals surface area (Å²) in [6.07, 6.45) is -2.25. The topological polar surface area (TPSA) is 0 Å². The summed E-state index contributed by atoms with van der Waals surface area (Å²) >= 11 is 0. The predicted molar refractivity (Wildman–Crippen MR) is 26.0 cm³/mol. The molecule has 0 heterocycles. The molecule has 0 aromatic carbocycles. The van der Waals surface area contributed by atoms with Crippen LogP contribution in [0.5, 0.6) is 0 Å². The first-order chi connectivity index (χ1) is 1.73. The van der Waals surface area contributed by atoms with Crippen molar-refractivity contribution >= 4 is 26.2 Å². The fourth-order valence-corrected chi connectivity index (χ4v) is 0. The van der Waals surface area contributed by atoms with Gasteiger partial charge in [-0.1, -0.05) is 9.24 Å². The molecule has 0 nitrogen and oxygen atoms in total. The number of halogens is 3. The lowest BCUT2D eigenvalue weighted by molar-refractivity contribution is 0.251. The monoisotopic (exact) mass is 164 g/mol. The average Bonchev–Trinajstić information content (AvgIpc) is 0.811. The van der Waals surface area contributed by atoms with E-state index in [1.165, 1.54) is 9.24 Å². The molecule has 0 aliphatic carbocycles. The summed E-state index contributed by atoms with van der Waals surface area (Å²) in [5, 5.41) is 0. The second kappa shape index (κ2) is 4.77. The highest BCUT2D eigenvalue weighted by Gasteiger charge is 1.79. The van der Waals surface area contributed by atoms with Crippen molar-refractivity contribution in [1.82, 2.24) is 0 Å². The second-order valence-electron chi connectivity index (χ2n) is 0.334. The Balaban J connectivity index is 0. The molecule has 0 aromatic rings. The molecule has 5 heavy (non-hydrogen) atoms. The lowest BCUT2D eigenvalue weighted by Gasteiger charge is -1.70. The SMILES string of the molecule is Br.FC(F)P. The number of hydrogen-bond donors (Lipinski definition) is 0. The van der Waals surface area contributed by atoms with Gasteiger partial charge < -0.3 is 0 Å². The van der Waals surface area contributed by atoms with E-state index in [0.717, 1.165) is 0 Å². The molecule has 0 bridgehead atoms. The summed E-state index contributed by atoms with van der Waals surface area (Å²) < 4.78 is 20.6. The Hall–Kier alpha value is 0.770. The molecule has 0 rings (SSSR count). The highest BCUT2D eigenvalue weighted by molar-refractivity contribution is 8.93. The summed E-state index contributed by atoms with van der Waals surface area (Å²) in [5.41, 5.74) is 0. The van der Waals surface area contributed by atoms with Gasteiger partial charge in [0.25, 0.3) is 0 Å². The summed E-state index contributed by atoms with van der Waals surface area (Å²) in [7, 11) is 1.32. The standard InChI is InChI=1S/CH3F2P.BrH/c2-1(3)4;/h1H,4H2;1H. The quantitative estimate of drug-likeness (QED) is 0.478. The van der Waals surface area contributed by atoms with Crippen LogP contribution < -0.4 is 0 Å². The van der Waals surface area contributed by atoms with Crippen LogP contribution in [0, 0.1) is 0 Å². The number of hydrogen-bond acceptors (Lipinski definition) is 0. The molecule has 0 spiro atoms. The highest BCUT2D eigenvalue weighted by atomic mass is 79.9. The minimum atomic E-state index is -2.25. The average molecular weight is 165 g/mol. The van der Waals surface area contributed by atoms with Gasteiger partial charge in [0.1, 0.15) is 0 Å². The second-order valence-corrected chi connectivity index (χ2v) is 0.838. The van der Waals surface area contributed by atoms with Crippen LogP contribution in [0.15, 0.2) is 0 Å². The molecule has 0 aliphatic heterocycles. The number of alkyl halides is 2. The van der Waals surface area contributed by atoms with E-state index in [0.29, 0.717) is 0 Å². The Labute approximate surface area is 41.9 Å². The Morgan fingerprint density at radius 2 is 1.40 bits per heavy atom. The summed E-state index contributed by atoms with van der Waals surface area (Å²) in [6, 6.07) is 0. The maximum Gasteiger partial charge on any atom is 0.249 e. The third kappa shape index (κ3) is 61.7. The van der Waals surface area contributed by atoms with E-state index in [1.54, 1.807) is 0 Å². The van der Waals surface area contributed by atoms with Gasteiger partial charge in [0.2, 0.25) is 6.17 Å². The van der Waals surface area contributed by atoms with Gasteiger partial charge in [-0.3, -0.25) is 0 Å². The third-order valence-corrected chi connectivity index (χ3v) is 0. The van der Waals surface area contributed by atoms with Crippen molar-refractivity contribution in [1.29, 1.82) is 0 Å². The molecule has 0 saturated heterocycles.